The maximum absolute atomic E-state index is 12.9. The van der Waals surface area contributed by atoms with Crippen molar-refractivity contribution in [3.8, 4) is 5.75 Å². The second-order valence-corrected chi connectivity index (χ2v) is 8.39. The van der Waals surface area contributed by atoms with E-state index in [1.165, 1.54) is 0 Å². The third-order valence-electron chi connectivity index (χ3n) is 5.63. The van der Waals surface area contributed by atoms with Crippen molar-refractivity contribution in [2.24, 2.45) is 0 Å². The van der Waals surface area contributed by atoms with Gasteiger partial charge in [0, 0.05) is 18.2 Å². The fraction of sp³-hybridized carbons (Fsp3) is 0.185. The first kappa shape index (κ1) is 22.6. The summed E-state index contributed by atoms with van der Waals surface area (Å²) < 4.78 is 5.27. The summed E-state index contributed by atoms with van der Waals surface area (Å²) in [5, 5.41) is 4.98. The molecule has 0 unspecified atom stereocenters. The summed E-state index contributed by atoms with van der Waals surface area (Å²) in [5.41, 5.74) is 3.54. The lowest BCUT2D eigenvalue weighted by Crippen LogP contribution is -2.41. The number of aromatic nitrogens is 1. The van der Waals surface area contributed by atoms with E-state index >= 15 is 0 Å². The number of ether oxygens (including phenoxy) is 1. The van der Waals surface area contributed by atoms with Gasteiger partial charge in [-0.15, -0.1) is 0 Å². The van der Waals surface area contributed by atoms with E-state index in [1.54, 1.807) is 7.11 Å². The van der Waals surface area contributed by atoms with Crippen molar-refractivity contribution in [3.05, 3.63) is 112 Å². The molecule has 0 aliphatic rings. The van der Waals surface area contributed by atoms with E-state index in [-0.39, 0.29) is 11.6 Å². The smallest absolute Gasteiger partial charge is 0.253 e. The standard InChI is InChI=1S/C27H27N3O2S/c1-19(21-11-7-4-8-12-21)28-27(33)30(17-20-9-5-3-6-10-20)18-23-15-22-13-14-24(32-2)16-25(22)29-26(23)31/h3-16,19H,17-18H2,1-2H3,(H,28,33)(H,29,31)/t19-/m1/s1. The van der Waals surface area contributed by atoms with Crippen LogP contribution in [0.25, 0.3) is 10.9 Å². The van der Waals surface area contributed by atoms with Crippen LogP contribution in [0.15, 0.2) is 89.7 Å². The molecular weight excluding hydrogens is 430 g/mol. The number of hydrogen-bond donors (Lipinski definition) is 2. The van der Waals surface area contributed by atoms with E-state index in [9.17, 15) is 4.79 Å². The lowest BCUT2D eigenvalue weighted by Gasteiger charge is -2.28. The van der Waals surface area contributed by atoms with E-state index in [2.05, 4.69) is 41.5 Å². The summed E-state index contributed by atoms with van der Waals surface area (Å²) in [4.78, 5) is 17.9. The maximum Gasteiger partial charge on any atom is 0.253 e. The van der Waals surface area contributed by atoms with Crippen LogP contribution in [0.2, 0.25) is 0 Å². The number of hydrogen-bond acceptors (Lipinski definition) is 3. The Morgan fingerprint density at radius 3 is 2.39 bits per heavy atom. The summed E-state index contributed by atoms with van der Waals surface area (Å²) in [7, 11) is 1.61. The Bertz CT molecular complexity index is 1290. The predicted octanol–water partition coefficient (Wildman–Crippen LogP) is 5.17. The molecule has 0 fully saturated rings. The quantitative estimate of drug-likeness (QED) is 0.375. The molecule has 4 rings (SSSR count). The predicted molar refractivity (Wildman–Crippen MR) is 137 cm³/mol. The van der Waals surface area contributed by atoms with Gasteiger partial charge in [0.15, 0.2) is 5.11 Å². The van der Waals surface area contributed by atoms with Crippen molar-refractivity contribution < 1.29 is 4.74 Å². The highest BCUT2D eigenvalue weighted by atomic mass is 32.1. The van der Waals surface area contributed by atoms with Gasteiger partial charge >= 0.3 is 0 Å². The van der Waals surface area contributed by atoms with Crippen molar-refractivity contribution in [2.45, 2.75) is 26.1 Å². The first-order chi connectivity index (χ1) is 16.0. The Hall–Kier alpha value is -3.64. The molecule has 1 aromatic heterocycles. The molecule has 3 aromatic carbocycles. The summed E-state index contributed by atoms with van der Waals surface area (Å²) in [6.07, 6.45) is 0. The number of rotatable bonds is 7. The molecule has 0 saturated heterocycles. The molecule has 0 aliphatic heterocycles. The molecule has 6 heteroatoms. The monoisotopic (exact) mass is 457 g/mol. The number of H-pyrrole nitrogens is 1. The zero-order valence-corrected chi connectivity index (χ0v) is 19.6. The van der Waals surface area contributed by atoms with E-state index in [4.69, 9.17) is 17.0 Å². The number of nitrogens with zero attached hydrogens (tertiary/aromatic N) is 1. The second-order valence-electron chi connectivity index (χ2n) is 8.00. The molecule has 0 aliphatic carbocycles. The zero-order chi connectivity index (χ0) is 23.2. The van der Waals surface area contributed by atoms with Gasteiger partial charge < -0.3 is 19.9 Å². The Labute approximate surface area is 199 Å². The van der Waals surface area contributed by atoms with E-state index in [0.717, 1.165) is 22.0 Å². The molecule has 1 atom stereocenters. The second kappa shape index (κ2) is 10.3. The molecule has 0 bridgehead atoms. The van der Waals surface area contributed by atoms with Crippen LogP contribution in [-0.4, -0.2) is 22.1 Å². The van der Waals surface area contributed by atoms with Gasteiger partial charge in [-0.2, -0.15) is 0 Å². The first-order valence-corrected chi connectivity index (χ1v) is 11.3. The minimum atomic E-state index is -0.132. The summed E-state index contributed by atoms with van der Waals surface area (Å²) in [5.74, 6) is 0.705. The van der Waals surface area contributed by atoms with Crippen LogP contribution in [0.1, 0.15) is 29.7 Å². The Morgan fingerprint density at radius 2 is 1.70 bits per heavy atom. The van der Waals surface area contributed by atoms with Gasteiger partial charge in [0.1, 0.15) is 5.75 Å². The van der Waals surface area contributed by atoms with Crippen LogP contribution in [-0.2, 0) is 13.1 Å². The van der Waals surface area contributed by atoms with Crippen LogP contribution in [0, 0.1) is 0 Å². The van der Waals surface area contributed by atoms with Gasteiger partial charge in [0.2, 0.25) is 0 Å². The highest BCUT2D eigenvalue weighted by Gasteiger charge is 2.16. The van der Waals surface area contributed by atoms with Crippen molar-refractivity contribution in [1.29, 1.82) is 0 Å². The fourth-order valence-electron chi connectivity index (χ4n) is 3.78. The molecule has 1 heterocycles. The highest BCUT2D eigenvalue weighted by molar-refractivity contribution is 7.80. The lowest BCUT2D eigenvalue weighted by molar-refractivity contribution is 0.392. The number of methoxy groups -OCH3 is 1. The number of benzene rings is 3. The maximum atomic E-state index is 12.9. The van der Waals surface area contributed by atoms with Gasteiger partial charge in [-0.1, -0.05) is 60.7 Å². The normalized spacial score (nSPS) is 11.7. The van der Waals surface area contributed by atoms with Crippen LogP contribution >= 0.6 is 12.2 Å². The molecule has 4 aromatic rings. The van der Waals surface area contributed by atoms with Gasteiger partial charge in [-0.3, -0.25) is 4.79 Å². The number of aromatic amines is 1. The Kier molecular flexibility index (Phi) is 7.05. The molecule has 5 nitrogen and oxygen atoms in total. The third kappa shape index (κ3) is 5.59. The van der Waals surface area contributed by atoms with Gasteiger partial charge in [0.25, 0.3) is 5.56 Å². The van der Waals surface area contributed by atoms with E-state index in [0.29, 0.717) is 29.5 Å². The molecule has 33 heavy (non-hydrogen) atoms. The lowest BCUT2D eigenvalue weighted by atomic mass is 10.1. The zero-order valence-electron chi connectivity index (χ0n) is 18.7. The van der Waals surface area contributed by atoms with Crippen molar-refractivity contribution in [2.75, 3.05) is 7.11 Å². The fourth-order valence-corrected chi connectivity index (χ4v) is 4.09. The van der Waals surface area contributed by atoms with Gasteiger partial charge in [0.05, 0.1) is 25.2 Å². The molecule has 168 valence electrons. The minimum Gasteiger partial charge on any atom is -0.497 e. The first-order valence-electron chi connectivity index (χ1n) is 10.9. The van der Waals surface area contributed by atoms with Crippen LogP contribution < -0.4 is 15.6 Å². The van der Waals surface area contributed by atoms with Crippen LogP contribution in [0.5, 0.6) is 5.75 Å². The number of fused-ring (bicyclic) bond motifs is 1. The van der Waals surface area contributed by atoms with Gasteiger partial charge in [-0.25, -0.2) is 0 Å². The highest BCUT2D eigenvalue weighted by Crippen LogP contribution is 2.20. The van der Waals surface area contributed by atoms with Gasteiger partial charge in [-0.05, 0) is 53.9 Å². The number of thiocarbonyl (C=S) groups is 1. The summed E-state index contributed by atoms with van der Waals surface area (Å²) in [6.45, 7) is 3.06. The number of pyridine rings is 1. The van der Waals surface area contributed by atoms with E-state index in [1.807, 2.05) is 65.6 Å². The topological polar surface area (TPSA) is 57.4 Å². The van der Waals surface area contributed by atoms with Crippen LogP contribution in [0.4, 0.5) is 0 Å². The third-order valence-corrected chi connectivity index (χ3v) is 6.01. The SMILES string of the molecule is COc1ccc2cc(CN(Cc3ccccc3)C(=S)N[C@H](C)c3ccccc3)c(=O)[nH]c2c1. The molecular formula is C27H27N3O2S. The summed E-state index contributed by atoms with van der Waals surface area (Å²) in [6, 6.07) is 27.9. The van der Waals surface area contributed by atoms with Crippen molar-refractivity contribution >= 4 is 28.2 Å². The van der Waals surface area contributed by atoms with Crippen molar-refractivity contribution in [1.82, 2.24) is 15.2 Å². The molecule has 0 saturated carbocycles. The average molecular weight is 458 g/mol. The Balaban J connectivity index is 1.61. The minimum absolute atomic E-state index is 0.0410. The van der Waals surface area contributed by atoms with Crippen LogP contribution in [0.3, 0.4) is 0 Å². The number of nitrogens with one attached hydrogen (secondary N) is 2. The Morgan fingerprint density at radius 1 is 1.00 bits per heavy atom. The summed E-state index contributed by atoms with van der Waals surface area (Å²) >= 11 is 5.81. The average Bonchev–Trinajstić information content (AvgIpc) is 2.84. The molecule has 0 radical (unpaired) electrons. The molecule has 2 N–H and O–H groups in total. The van der Waals surface area contributed by atoms with Crippen molar-refractivity contribution in [3.63, 3.8) is 0 Å². The molecule has 0 spiro atoms. The largest absolute Gasteiger partial charge is 0.497 e. The molecule has 0 amide bonds. The van der Waals surface area contributed by atoms with E-state index < -0.39 is 0 Å².